The molecule has 3 rings (SSSR count). The Bertz CT molecular complexity index is 617. The highest BCUT2D eigenvalue weighted by Gasteiger charge is 2.30. The van der Waals surface area contributed by atoms with Gasteiger partial charge in [-0.25, -0.2) is 4.39 Å². The van der Waals surface area contributed by atoms with Gasteiger partial charge < -0.3 is 5.73 Å². The van der Waals surface area contributed by atoms with Gasteiger partial charge in [-0.05, 0) is 39.2 Å². The predicted octanol–water partition coefficient (Wildman–Crippen LogP) is 3.51. The molecule has 1 saturated heterocycles. The Morgan fingerprint density at radius 1 is 1.14 bits per heavy atom. The molecular weight excluding hydrogens is 331 g/mol. The number of nitrogens with two attached hydrogens (primary N) is 1. The molecule has 0 saturated carbocycles. The molecule has 2 aromatic carbocycles. The van der Waals surface area contributed by atoms with Crippen LogP contribution in [0.3, 0.4) is 0 Å². The molecule has 0 aromatic heterocycles. The van der Waals surface area contributed by atoms with Crippen molar-refractivity contribution in [2.24, 2.45) is 5.73 Å². The third kappa shape index (κ3) is 3.34. The molecule has 4 heteroatoms. The molecule has 1 heterocycles. The van der Waals surface area contributed by atoms with Crippen molar-refractivity contribution in [2.75, 3.05) is 13.1 Å². The number of benzene rings is 2. The van der Waals surface area contributed by atoms with Crippen LogP contribution < -0.4 is 5.73 Å². The van der Waals surface area contributed by atoms with Crippen LogP contribution >= 0.6 is 15.9 Å². The molecule has 2 atom stereocenters. The number of rotatable bonds is 3. The van der Waals surface area contributed by atoms with E-state index in [-0.39, 0.29) is 11.9 Å². The van der Waals surface area contributed by atoms with Crippen LogP contribution in [0.4, 0.5) is 4.39 Å². The second-order valence-electron chi connectivity index (χ2n) is 5.62. The quantitative estimate of drug-likeness (QED) is 0.919. The lowest BCUT2D eigenvalue weighted by atomic mass is 9.95. The Balaban J connectivity index is 1.70. The van der Waals surface area contributed by atoms with Gasteiger partial charge in [0, 0.05) is 31.6 Å². The highest BCUT2D eigenvalue weighted by molar-refractivity contribution is 9.10. The molecule has 110 valence electrons. The van der Waals surface area contributed by atoms with Crippen LogP contribution in [-0.4, -0.2) is 24.0 Å². The number of halogens is 2. The van der Waals surface area contributed by atoms with E-state index in [4.69, 9.17) is 5.73 Å². The van der Waals surface area contributed by atoms with Crippen molar-refractivity contribution in [1.29, 1.82) is 0 Å². The summed E-state index contributed by atoms with van der Waals surface area (Å²) in [5, 5.41) is 0. The third-order valence-corrected chi connectivity index (χ3v) is 4.67. The van der Waals surface area contributed by atoms with Crippen molar-refractivity contribution in [1.82, 2.24) is 4.90 Å². The van der Waals surface area contributed by atoms with Gasteiger partial charge in [0.1, 0.15) is 5.82 Å². The first-order valence-corrected chi connectivity index (χ1v) is 7.89. The van der Waals surface area contributed by atoms with Gasteiger partial charge in [-0.3, -0.25) is 4.90 Å². The van der Waals surface area contributed by atoms with E-state index in [9.17, 15) is 4.39 Å². The smallest absolute Gasteiger partial charge is 0.137 e. The van der Waals surface area contributed by atoms with E-state index in [1.807, 2.05) is 18.2 Å². The molecule has 0 spiro atoms. The Kier molecular flexibility index (Phi) is 4.38. The fourth-order valence-corrected chi connectivity index (χ4v) is 3.42. The molecule has 0 amide bonds. The summed E-state index contributed by atoms with van der Waals surface area (Å²) in [6, 6.07) is 15.8. The van der Waals surface area contributed by atoms with Gasteiger partial charge >= 0.3 is 0 Å². The molecule has 1 aliphatic heterocycles. The zero-order valence-corrected chi connectivity index (χ0v) is 13.3. The second kappa shape index (κ2) is 6.26. The van der Waals surface area contributed by atoms with E-state index in [1.165, 1.54) is 11.6 Å². The number of hydrogen-bond acceptors (Lipinski definition) is 2. The summed E-state index contributed by atoms with van der Waals surface area (Å²) in [5.74, 6) is 0.147. The van der Waals surface area contributed by atoms with Crippen LogP contribution in [-0.2, 0) is 6.54 Å². The summed E-state index contributed by atoms with van der Waals surface area (Å²) in [5.41, 5.74) is 8.70. The Morgan fingerprint density at radius 2 is 1.90 bits per heavy atom. The number of hydrogen-bond donors (Lipinski definition) is 1. The van der Waals surface area contributed by atoms with Gasteiger partial charge in [-0.15, -0.1) is 0 Å². The van der Waals surface area contributed by atoms with Crippen LogP contribution in [0.15, 0.2) is 53.0 Å². The summed E-state index contributed by atoms with van der Waals surface area (Å²) >= 11 is 3.24. The van der Waals surface area contributed by atoms with Gasteiger partial charge in [0.15, 0.2) is 0 Å². The van der Waals surface area contributed by atoms with Crippen molar-refractivity contribution in [3.8, 4) is 0 Å². The number of likely N-dealkylation sites (tertiary alicyclic amines) is 1. The highest BCUT2D eigenvalue weighted by atomic mass is 79.9. The van der Waals surface area contributed by atoms with Crippen LogP contribution in [0.1, 0.15) is 17.0 Å². The Hall–Kier alpha value is -1.23. The molecule has 2 nitrogen and oxygen atoms in total. The first kappa shape index (κ1) is 14.7. The first-order valence-electron chi connectivity index (χ1n) is 7.10. The predicted molar refractivity (Wildman–Crippen MR) is 86.5 cm³/mol. The van der Waals surface area contributed by atoms with Crippen LogP contribution in [0.5, 0.6) is 0 Å². The molecule has 1 fully saturated rings. The summed E-state index contributed by atoms with van der Waals surface area (Å²) in [7, 11) is 0. The van der Waals surface area contributed by atoms with Gasteiger partial charge in [0.2, 0.25) is 0 Å². The summed E-state index contributed by atoms with van der Waals surface area (Å²) in [6.07, 6.45) is 0. The maximum Gasteiger partial charge on any atom is 0.137 e. The normalized spacial score (nSPS) is 22.6. The van der Waals surface area contributed by atoms with Gasteiger partial charge in [0.05, 0.1) is 4.47 Å². The topological polar surface area (TPSA) is 29.3 Å². The average Bonchev–Trinajstić information content (AvgIpc) is 2.84. The SMILES string of the molecule is N[C@@H]1CN(Cc2ccc(F)c(Br)c2)C[C@H]1c1ccccc1. The fraction of sp³-hybridized carbons (Fsp3) is 0.294. The molecule has 2 N–H and O–H groups in total. The summed E-state index contributed by atoms with van der Waals surface area (Å²) in [6.45, 7) is 2.62. The Morgan fingerprint density at radius 3 is 2.62 bits per heavy atom. The standard InChI is InChI=1S/C17H18BrFN2/c18-15-8-12(6-7-16(15)19)9-21-10-14(17(20)11-21)13-4-2-1-3-5-13/h1-8,14,17H,9-11,20H2/t14-,17+/m0/s1. The van der Waals surface area contributed by atoms with Crippen LogP contribution in [0.2, 0.25) is 0 Å². The molecule has 2 aromatic rings. The van der Waals surface area contributed by atoms with Gasteiger partial charge in [-0.2, -0.15) is 0 Å². The van der Waals surface area contributed by atoms with Crippen LogP contribution in [0, 0.1) is 5.82 Å². The van der Waals surface area contributed by atoms with Crippen LogP contribution in [0.25, 0.3) is 0 Å². The molecule has 0 bridgehead atoms. The number of nitrogens with zero attached hydrogens (tertiary/aromatic N) is 1. The van der Waals surface area contributed by atoms with Crippen molar-refractivity contribution in [3.05, 3.63) is 69.9 Å². The second-order valence-corrected chi connectivity index (χ2v) is 6.48. The maximum atomic E-state index is 13.3. The molecule has 0 unspecified atom stereocenters. The lowest BCUT2D eigenvalue weighted by molar-refractivity contribution is 0.323. The maximum absolute atomic E-state index is 13.3. The zero-order chi connectivity index (χ0) is 14.8. The molecular formula is C17H18BrFN2. The summed E-state index contributed by atoms with van der Waals surface area (Å²) in [4.78, 5) is 2.34. The van der Waals surface area contributed by atoms with Crippen molar-refractivity contribution in [3.63, 3.8) is 0 Å². The Labute approximate surface area is 132 Å². The van der Waals surface area contributed by atoms with E-state index in [1.54, 1.807) is 0 Å². The minimum Gasteiger partial charge on any atom is -0.326 e. The lowest BCUT2D eigenvalue weighted by Crippen LogP contribution is -2.28. The average molecular weight is 349 g/mol. The minimum absolute atomic E-state index is 0.149. The van der Waals surface area contributed by atoms with E-state index in [2.05, 4.69) is 45.1 Å². The molecule has 21 heavy (non-hydrogen) atoms. The molecule has 0 aliphatic carbocycles. The van der Waals surface area contributed by atoms with Gasteiger partial charge in [0.25, 0.3) is 0 Å². The largest absolute Gasteiger partial charge is 0.326 e. The monoisotopic (exact) mass is 348 g/mol. The van der Waals surface area contributed by atoms with Crippen molar-refractivity contribution in [2.45, 2.75) is 18.5 Å². The minimum atomic E-state index is -0.223. The van der Waals surface area contributed by atoms with E-state index < -0.39 is 0 Å². The van der Waals surface area contributed by atoms with E-state index in [0.29, 0.717) is 10.4 Å². The third-order valence-electron chi connectivity index (χ3n) is 4.06. The lowest BCUT2D eigenvalue weighted by Gasteiger charge is -2.16. The van der Waals surface area contributed by atoms with Crippen molar-refractivity contribution >= 4 is 15.9 Å². The molecule has 1 aliphatic rings. The van der Waals surface area contributed by atoms with Crippen molar-refractivity contribution < 1.29 is 4.39 Å². The first-order chi connectivity index (χ1) is 10.1. The van der Waals surface area contributed by atoms with Gasteiger partial charge in [-0.1, -0.05) is 36.4 Å². The molecule has 0 radical (unpaired) electrons. The highest BCUT2D eigenvalue weighted by Crippen LogP contribution is 2.28. The van der Waals surface area contributed by atoms with E-state index >= 15 is 0 Å². The fourth-order valence-electron chi connectivity index (χ4n) is 2.99. The van der Waals surface area contributed by atoms with E-state index in [0.717, 1.165) is 25.2 Å². The zero-order valence-electron chi connectivity index (χ0n) is 11.7. The summed E-state index contributed by atoms with van der Waals surface area (Å²) < 4.78 is 13.8.